The number of halogens is 1. The normalized spacial score (nSPS) is 23.4. The molecule has 3 aromatic rings. The van der Waals surface area contributed by atoms with Crippen molar-refractivity contribution < 1.29 is 23.8 Å². The van der Waals surface area contributed by atoms with Crippen molar-refractivity contribution in [2.45, 2.75) is 50.2 Å². The highest BCUT2D eigenvalue weighted by Crippen LogP contribution is 2.49. The van der Waals surface area contributed by atoms with E-state index in [1.54, 1.807) is 36.1 Å². The number of fused-ring (bicyclic) bond motifs is 4. The molecule has 1 saturated heterocycles. The monoisotopic (exact) mass is 492 g/mol. The second kappa shape index (κ2) is 8.23. The lowest BCUT2D eigenvalue weighted by Gasteiger charge is -2.42. The van der Waals surface area contributed by atoms with Crippen LogP contribution >= 0.6 is 0 Å². The first-order valence-corrected chi connectivity index (χ1v) is 12.4. The quantitative estimate of drug-likeness (QED) is 0.344. The second-order valence-electron chi connectivity index (χ2n) is 10.2. The van der Waals surface area contributed by atoms with Crippen LogP contribution in [0.25, 0.3) is 10.9 Å². The maximum atomic E-state index is 14.5. The fourth-order valence-corrected chi connectivity index (χ4v) is 5.74. The Morgan fingerprint density at radius 1 is 1.25 bits per heavy atom. The number of rotatable bonds is 7. The molecule has 3 heterocycles. The number of H-pyrrole nitrogens is 1. The van der Waals surface area contributed by atoms with Crippen molar-refractivity contribution in [3.8, 4) is 11.5 Å². The molecule has 2 fully saturated rings. The van der Waals surface area contributed by atoms with Crippen LogP contribution in [-0.2, 0) is 11.2 Å². The van der Waals surface area contributed by atoms with Crippen LogP contribution in [0, 0.1) is 5.82 Å². The number of amides is 3. The van der Waals surface area contributed by atoms with Gasteiger partial charge in [0.15, 0.2) is 11.6 Å². The highest BCUT2D eigenvalue weighted by atomic mass is 19.1. The molecule has 8 nitrogen and oxygen atoms in total. The molecule has 2 aliphatic heterocycles. The minimum Gasteiger partial charge on any atom is -0.508 e. The van der Waals surface area contributed by atoms with E-state index in [-0.39, 0.29) is 29.9 Å². The first-order valence-electron chi connectivity index (χ1n) is 12.4. The van der Waals surface area contributed by atoms with E-state index < -0.39 is 17.4 Å². The lowest BCUT2D eigenvalue weighted by atomic mass is 9.81. The summed E-state index contributed by atoms with van der Waals surface area (Å²) >= 11 is 0. The number of urea groups is 1. The summed E-state index contributed by atoms with van der Waals surface area (Å²) in [6.45, 7) is 2.89. The molecule has 3 amide bonds. The molecule has 0 spiro atoms. The minimum atomic E-state index is -1.12. The molecule has 188 valence electrons. The Kier molecular flexibility index (Phi) is 5.22. The van der Waals surface area contributed by atoms with Gasteiger partial charge in [-0.25, -0.2) is 9.18 Å². The SMILES string of the molecule is COc1cc2c3c([nH]c2cc1F)[C@@H](c1cccc(O)c1)N1C(=O)N(CCCNC2CC2)C(=O)[C@]1(C)C3. The van der Waals surface area contributed by atoms with E-state index >= 15 is 0 Å². The van der Waals surface area contributed by atoms with Crippen LogP contribution in [0.4, 0.5) is 9.18 Å². The third kappa shape index (κ3) is 3.44. The standard InChI is InChI=1S/C27H29FN4O4/c1-27-14-19-18-12-22(36-2)20(28)13-21(18)30-23(19)24(15-5-3-6-17(33)11-15)32(27)26(35)31(25(27)34)10-4-9-29-16-7-8-16/h3,5-6,11-13,16,24,29-30,33H,4,7-10,14H2,1-2H3/t24-,27+/m1/s1. The first kappa shape index (κ1) is 22.8. The Balaban J connectivity index is 1.45. The second-order valence-corrected chi connectivity index (χ2v) is 10.2. The Bertz CT molecular complexity index is 1380. The van der Waals surface area contributed by atoms with Crippen LogP contribution < -0.4 is 10.1 Å². The fraction of sp³-hybridized carbons (Fsp3) is 0.407. The number of hydrogen-bond donors (Lipinski definition) is 3. The van der Waals surface area contributed by atoms with Crippen molar-refractivity contribution in [3.05, 3.63) is 59.0 Å². The Morgan fingerprint density at radius 2 is 2.06 bits per heavy atom. The zero-order valence-corrected chi connectivity index (χ0v) is 20.3. The number of nitrogens with zero attached hydrogens (tertiary/aromatic N) is 2. The zero-order valence-electron chi connectivity index (χ0n) is 20.3. The number of aromatic hydroxyl groups is 1. The Morgan fingerprint density at radius 3 is 2.78 bits per heavy atom. The number of phenolic OH excluding ortho intramolecular Hbond substituents is 1. The average molecular weight is 493 g/mol. The van der Waals surface area contributed by atoms with Gasteiger partial charge in [-0.1, -0.05) is 12.1 Å². The number of aromatic amines is 1. The molecule has 6 rings (SSSR count). The summed E-state index contributed by atoms with van der Waals surface area (Å²) in [6.07, 6.45) is 3.33. The van der Waals surface area contributed by atoms with E-state index in [0.29, 0.717) is 35.8 Å². The number of phenols is 1. The molecule has 2 aromatic carbocycles. The number of nitrogens with one attached hydrogen (secondary N) is 2. The lowest BCUT2D eigenvalue weighted by molar-refractivity contribution is -0.133. The van der Waals surface area contributed by atoms with Gasteiger partial charge in [0, 0.05) is 41.7 Å². The van der Waals surface area contributed by atoms with E-state index in [1.807, 2.05) is 6.07 Å². The Labute approximate surface area is 208 Å². The van der Waals surface area contributed by atoms with Crippen molar-refractivity contribution in [3.63, 3.8) is 0 Å². The highest BCUT2D eigenvalue weighted by molar-refractivity contribution is 6.08. The van der Waals surface area contributed by atoms with Gasteiger partial charge in [0.25, 0.3) is 5.91 Å². The summed E-state index contributed by atoms with van der Waals surface area (Å²) in [5, 5.41) is 14.4. The van der Waals surface area contributed by atoms with Crippen molar-refractivity contribution in [1.29, 1.82) is 0 Å². The molecule has 3 N–H and O–H groups in total. The molecule has 1 aromatic heterocycles. The molecule has 3 aliphatic rings. The number of imide groups is 1. The number of hydrogen-bond acceptors (Lipinski definition) is 5. The summed E-state index contributed by atoms with van der Waals surface area (Å²) in [5.74, 6) is -0.559. The topological polar surface area (TPSA) is 97.9 Å². The van der Waals surface area contributed by atoms with Crippen LogP contribution in [0.1, 0.15) is 49.0 Å². The van der Waals surface area contributed by atoms with Gasteiger partial charge in [0.05, 0.1) is 7.11 Å². The molecular formula is C27H29FN4O4. The van der Waals surface area contributed by atoms with E-state index in [2.05, 4.69) is 10.3 Å². The first-order chi connectivity index (χ1) is 17.3. The smallest absolute Gasteiger partial charge is 0.328 e. The third-order valence-corrected chi connectivity index (χ3v) is 7.69. The molecule has 2 atom stereocenters. The van der Waals surface area contributed by atoms with Crippen LogP contribution in [0.2, 0.25) is 0 Å². The molecular weight excluding hydrogens is 463 g/mol. The van der Waals surface area contributed by atoms with Crippen molar-refractivity contribution in [1.82, 2.24) is 20.1 Å². The molecule has 1 saturated carbocycles. The number of carbonyl (C=O) groups is 2. The third-order valence-electron chi connectivity index (χ3n) is 7.69. The van der Waals surface area contributed by atoms with Gasteiger partial charge in [-0.15, -0.1) is 0 Å². The van der Waals surface area contributed by atoms with Gasteiger partial charge >= 0.3 is 6.03 Å². The fourth-order valence-electron chi connectivity index (χ4n) is 5.74. The molecule has 9 heteroatoms. The van der Waals surface area contributed by atoms with Gasteiger partial charge < -0.3 is 20.1 Å². The predicted octanol–water partition coefficient (Wildman–Crippen LogP) is 3.83. The van der Waals surface area contributed by atoms with Crippen molar-refractivity contribution in [2.75, 3.05) is 20.2 Å². The van der Waals surface area contributed by atoms with E-state index in [4.69, 9.17) is 4.74 Å². The van der Waals surface area contributed by atoms with Crippen LogP contribution in [-0.4, -0.2) is 63.6 Å². The van der Waals surface area contributed by atoms with Crippen LogP contribution in [0.5, 0.6) is 11.5 Å². The average Bonchev–Trinajstić information content (AvgIpc) is 3.59. The van der Waals surface area contributed by atoms with Crippen molar-refractivity contribution >= 4 is 22.8 Å². The zero-order chi connectivity index (χ0) is 25.2. The Hall–Kier alpha value is -3.59. The van der Waals surface area contributed by atoms with E-state index in [0.717, 1.165) is 17.5 Å². The molecule has 1 aliphatic carbocycles. The van der Waals surface area contributed by atoms with Gasteiger partial charge in [-0.3, -0.25) is 14.6 Å². The summed E-state index contributed by atoms with van der Waals surface area (Å²) in [5.41, 5.74) is 1.66. The van der Waals surface area contributed by atoms with Crippen LogP contribution in [0.3, 0.4) is 0 Å². The molecule has 0 radical (unpaired) electrons. The number of benzene rings is 2. The van der Waals surface area contributed by atoms with Gasteiger partial charge in [0.2, 0.25) is 0 Å². The molecule has 0 unspecified atom stereocenters. The largest absolute Gasteiger partial charge is 0.508 e. The summed E-state index contributed by atoms with van der Waals surface area (Å²) < 4.78 is 19.7. The number of aromatic nitrogens is 1. The van der Waals surface area contributed by atoms with Crippen LogP contribution in [0.15, 0.2) is 36.4 Å². The molecule has 36 heavy (non-hydrogen) atoms. The van der Waals surface area contributed by atoms with E-state index in [1.165, 1.54) is 30.9 Å². The van der Waals surface area contributed by atoms with E-state index in [9.17, 15) is 19.1 Å². The predicted molar refractivity (Wildman–Crippen MR) is 131 cm³/mol. The number of methoxy groups -OCH3 is 1. The lowest BCUT2D eigenvalue weighted by Crippen LogP contribution is -2.53. The summed E-state index contributed by atoms with van der Waals surface area (Å²) in [7, 11) is 1.41. The summed E-state index contributed by atoms with van der Waals surface area (Å²) in [6, 6.07) is 9.28. The van der Waals surface area contributed by atoms with Gasteiger partial charge in [0.1, 0.15) is 17.3 Å². The maximum absolute atomic E-state index is 14.5. The maximum Gasteiger partial charge on any atom is 0.328 e. The number of ether oxygens (including phenoxy) is 1. The van der Waals surface area contributed by atoms with Crippen molar-refractivity contribution in [2.24, 2.45) is 0 Å². The number of carbonyl (C=O) groups excluding carboxylic acids is 2. The van der Waals surface area contributed by atoms with Gasteiger partial charge in [-0.2, -0.15) is 0 Å². The molecule has 0 bridgehead atoms. The summed E-state index contributed by atoms with van der Waals surface area (Å²) in [4.78, 5) is 33.9. The van der Waals surface area contributed by atoms with Gasteiger partial charge in [-0.05, 0) is 62.1 Å². The minimum absolute atomic E-state index is 0.0612. The highest BCUT2D eigenvalue weighted by Gasteiger charge is 2.60.